The Bertz CT molecular complexity index is 1020. The van der Waals surface area contributed by atoms with Gasteiger partial charge in [0.1, 0.15) is 5.75 Å². The van der Waals surface area contributed by atoms with Crippen LogP contribution >= 0.6 is 22.9 Å². The van der Waals surface area contributed by atoms with Gasteiger partial charge in [0.2, 0.25) is 5.13 Å². The highest BCUT2D eigenvalue weighted by Gasteiger charge is 2.14. The number of hydrazone groups is 1. The normalized spacial score (nSPS) is 11.1. The van der Waals surface area contributed by atoms with Crippen molar-refractivity contribution < 1.29 is 14.2 Å². The lowest BCUT2D eigenvalue weighted by Gasteiger charge is -2.16. The molecule has 3 aromatic rings. The number of para-hydroxylation sites is 1. The zero-order valence-corrected chi connectivity index (χ0v) is 18.9. The van der Waals surface area contributed by atoms with Crippen molar-refractivity contribution in [1.29, 1.82) is 0 Å². The molecule has 2 aromatic carbocycles. The molecule has 8 heteroatoms. The molecule has 0 radical (unpaired) electrons. The summed E-state index contributed by atoms with van der Waals surface area (Å²) < 4.78 is 16.9. The molecule has 0 aliphatic heterocycles. The smallest absolute Gasteiger partial charge is 0.203 e. The Labute approximate surface area is 185 Å². The quantitative estimate of drug-likeness (QED) is 0.318. The van der Waals surface area contributed by atoms with E-state index in [-0.39, 0.29) is 6.10 Å². The van der Waals surface area contributed by atoms with Gasteiger partial charge in [0, 0.05) is 10.9 Å². The first kappa shape index (κ1) is 21.9. The number of hydrogen-bond acceptors (Lipinski definition) is 7. The number of halogens is 1. The number of nitrogens with zero attached hydrogens (tertiary/aromatic N) is 2. The summed E-state index contributed by atoms with van der Waals surface area (Å²) in [7, 11) is 1.65. The van der Waals surface area contributed by atoms with E-state index in [0.29, 0.717) is 28.3 Å². The number of hydrogen-bond donors (Lipinski definition) is 1. The first-order valence-corrected chi connectivity index (χ1v) is 10.8. The number of thiazole rings is 1. The minimum absolute atomic E-state index is 0.00905. The van der Waals surface area contributed by atoms with Crippen LogP contribution in [0.1, 0.15) is 26.3 Å². The molecule has 6 nitrogen and oxygen atoms in total. The lowest BCUT2D eigenvalue weighted by atomic mass is 10.1. The number of aromatic nitrogens is 1. The van der Waals surface area contributed by atoms with Gasteiger partial charge in [0.25, 0.3) is 0 Å². The molecule has 0 fully saturated rings. The van der Waals surface area contributed by atoms with E-state index in [9.17, 15) is 0 Å². The number of rotatable bonds is 9. The molecule has 0 spiro atoms. The van der Waals surface area contributed by atoms with E-state index >= 15 is 0 Å². The second-order valence-electron chi connectivity index (χ2n) is 6.54. The molecule has 1 aromatic heterocycles. The minimum Gasteiger partial charge on any atom is -0.496 e. The Kier molecular flexibility index (Phi) is 7.54. The van der Waals surface area contributed by atoms with E-state index in [4.69, 9.17) is 25.8 Å². The molecule has 0 aliphatic rings. The molecule has 0 amide bonds. The SMILES string of the molecule is CCOc1cc(/C=N\Nc2nc(-c3ccccc3OC)cs2)cc(Cl)c1OC(C)C. The maximum Gasteiger partial charge on any atom is 0.203 e. The van der Waals surface area contributed by atoms with Crippen molar-refractivity contribution in [2.24, 2.45) is 5.10 Å². The van der Waals surface area contributed by atoms with Crippen molar-refractivity contribution in [2.75, 3.05) is 19.1 Å². The highest BCUT2D eigenvalue weighted by Crippen LogP contribution is 2.37. The molecule has 3 rings (SSSR count). The standard InChI is InChI=1S/C22H24ClN3O3S/c1-5-28-20-11-15(10-17(23)21(20)29-14(2)3)12-24-26-22-25-18(13-30-22)16-8-6-7-9-19(16)27-4/h6-14H,5H2,1-4H3,(H,25,26)/b24-12-. The molecule has 0 saturated heterocycles. The van der Waals surface area contributed by atoms with Crippen LogP contribution < -0.4 is 19.6 Å². The predicted molar refractivity (Wildman–Crippen MR) is 124 cm³/mol. The van der Waals surface area contributed by atoms with Gasteiger partial charge < -0.3 is 14.2 Å². The van der Waals surface area contributed by atoms with Crippen molar-refractivity contribution in [2.45, 2.75) is 26.9 Å². The van der Waals surface area contributed by atoms with Gasteiger partial charge in [-0.2, -0.15) is 5.10 Å². The first-order valence-electron chi connectivity index (χ1n) is 9.52. The van der Waals surface area contributed by atoms with Crippen molar-refractivity contribution >= 4 is 34.3 Å². The van der Waals surface area contributed by atoms with Crippen LogP contribution in [0, 0.1) is 0 Å². The molecule has 0 bridgehead atoms. The predicted octanol–water partition coefficient (Wildman–Crippen LogP) is 6.10. The monoisotopic (exact) mass is 445 g/mol. The fourth-order valence-corrected chi connectivity index (χ4v) is 3.67. The maximum absolute atomic E-state index is 6.40. The van der Waals surface area contributed by atoms with E-state index in [1.165, 1.54) is 11.3 Å². The third-order valence-electron chi connectivity index (χ3n) is 3.95. The summed E-state index contributed by atoms with van der Waals surface area (Å²) in [5.41, 5.74) is 5.50. The minimum atomic E-state index is -0.00905. The molecule has 1 N–H and O–H groups in total. The highest BCUT2D eigenvalue weighted by atomic mass is 35.5. The van der Waals surface area contributed by atoms with Crippen LogP contribution in [-0.4, -0.2) is 31.0 Å². The third kappa shape index (κ3) is 5.43. The van der Waals surface area contributed by atoms with E-state index in [0.717, 1.165) is 22.6 Å². The summed E-state index contributed by atoms with van der Waals surface area (Å²) in [5, 5.41) is 7.38. The Morgan fingerprint density at radius 1 is 1.23 bits per heavy atom. The highest BCUT2D eigenvalue weighted by molar-refractivity contribution is 7.14. The Morgan fingerprint density at radius 3 is 2.77 bits per heavy atom. The fraction of sp³-hybridized carbons (Fsp3) is 0.273. The van der Waals surface area contributed by atoms with Gasteiger partial charge in [-0.3, -0.25) is 5.43 Å². The van der Waals surface area contributed by atoms with Gasteiger partial charge in [-0.25, -0.2) is 4.98 Å². The van der Waals surface area contributed by atoms with E-state index < -0.39 is 0 Å². The summed E-state index contributed by atoms with van der Waals surface area (Å²) in [6.07, 6.45) is 1.66. The molecule has 158 valence electrons. The Balaban J connectivity index is 1.75. The van der Waals surface area contributed by atoms with Gasteiger partial charge >= 0.3 is 0 Å². The molecular weight excluding hydrogens is 422 g/mol. The average Bonchev–Trinajstić information content (AvgIpc) is 3.19. The van der Waals surface area contributed by atoms with Gasteiger partial charge in [-0.1, -0.05) is 23.7 Å². The molecule has 0 unspecified atom stereocenters. The number of methoxy groups -OCH3 is 1. The molecule has 1 heterocycles. The van der Waals surface area contributed by atoms with Crippen molar-refractivity contribution in [3.05, 3.63) is 52.4 Å². The van der Waals surface area contributed by atoms with Gasteiger partial charge in [-0.05, 0) is 50.6 Å². The zero-order chi connectivity index (χ0) is 21.5. The first-order chi connectivity index (χ1) is 14.5. The lowest BCUT2D eigenvalue weighted by molar-refractivity contribution is 0.224. The van der Waals surface area contributed by atoms with Crippen molar-refractivity contribution in [3.8, 4) is 28.5 Å². The lowest BCUT2D eigenvalue weighted by Crippen LogP contribution is -2.08. The summed E-state index contributed by atoms with van der Waals surface area (Å²) in [4.78, 5) is 4.57. The van der Waals surface area contributed by atoms with Gasteiger partial charge in [0.15, 0.2) is 11.5 Å². The van der Waals surface area contributed by atoms with Crippen LogP contribution in [0.4, 0.5) is 5.13 Å². The van der Waals surface area contributed by atoms with Crippen LogP contribution in [0.2, 0.25) is 5.02 Å². The summed E-state index contributed by atoms with van der Waals surface area (Å²) in [6.45, 7) is 6.31. The second-order valence-corrected chi connectivity index (χ2v) is 7.80. The van der Waals surface area contributed by atoms with Crippen LogP contribution in [0.5, 0.6) is 17.2 Å². The number of benzene rings is 2. The van der Waals surface area contributed by atoms with Crippen molar-refractivity contribution in [1.82, 2.24) is 4.98 Å². The number of anilines is 1. The molecular formula is C22H24ClN3O3S. The largest absolute Gasteiger partial charge is 0.496 e. The van der Waals surface area contributed by atoms with Crippen LogP contribution in [-0.2, 0) is 0 Å². The maximum atomic E-state index is 6.40. The molecule has 0 atom stereocenters. The van der Waals surface area contributed by atoms with Gasteiger partial charge in [-0.15, -0.1) is 11.3 Å². The third-order valence-corrected chi connectivity index (χ3v) is 4.97. The summed E-state index contributed by atoms with van der Waals surface area (Å²) in [6, 6.07) is 11.4. The molecule has 0 saturated carbocycles. The van der Waals surface area contributed by atoms with Crippen LogP contribution in [0.3, 0.4) is 0 Å². The molecule has 30 heavy (non-hydrogen) atoms. The number of nitrogens with one attached hydrogen (secondary N) is 1. The summed E-state index contributed by atoms with van der Waals surface area (Å²) in [5.74, 6) is 1.91. The molecule has 0 aliphatic carbocycles. The number of ether oxygens (including phenoxy) is 3. The zero-order valence-electron chi connectivity index (χ0n) is 17.3. The van der Waals surface area contributed by atoms with Gasteiger partial charge in [0.05, 0.1) is 36.8 Å². The second kappa shape index (κ2) is 10.3. The van der Waals surface area contributed by atoms with Crippen LogP contribution in [0.15, 0.2) is 46.9 Å². The summed E-state index contributed by atoms with van der Waals surface area (Å²) >= 11 is 7.86. The van der Waals surface area contributed by atoms with Crippen molar-refractivity contribution in [3.63, 3.8) is 0 Å². The Hall–Kier alpha value is -2.77. The van der Waals surface area contributed by atoms with E-state index in [1.54, 1.807) is 19.4 Å². The fourth-order valence-electron chi connectivity index (χ4n) is 2.74. The van der Waals surface area contributed by atoms with Crippen LogP contribution in [0.25, 0.3) is 11.3 Å². The average molecular weight is 446 g/mol. The Morgan fingerprint density at radius 2 is 2.03 bits per heavy atom. The van der Waals surface area contributed by atoms with E-state index in [1.807, 2.05) is 56.5 Å². The topological polar surface area (TPSA) is 65.0 Å². The van der Waals surface area contributed by atoms with E-state index in [2.05, 4.69) is 15.5 Å².